The van der Waals surface area contributed by atoms with Gasteiger partial charge in [0.1, 0.15) is 5.60 Å². The van der Waals surface area contributed by atoms with Gasteiger partial charge >= 0.3 is 6.09 Å². The van der Waals surface area contributed by atoms with E-state index in [0.717, 1.165) is 32.4 Å². The Kier molecular flexibility index (Phi) is 7.13. The Morgan fingerprint density at radius 1 is 1.32 bits per heavy atom. The van der Waals surface area contributed by atoms with E-state index in [2.05, 4.69) is 17.6 Å². The highest BCUT2D eigenvalue weighted by Crippen LogP contribution is 2.23. The summed E-state index contributed by atoms with van der Waals surface area (Å²) in [5, 5.41) is 6.14. The number of nitrogens with zero attached hydrogens (tertiary/aromatic N) is 1. The van der Waals surface area contributed by atoms with Crippen LogP contribution in [0.5, 0.6) is 0 Å². The lowest BCUT2D eigenvalue weighted by molar-refractivity contribution is -0.118. The third-order valence-electron chi connectivity index (χ3n) is 3.62. The maximum Gasteiger partial charge on any atom is 0.410 e. The van der Waals surface area contributed by atoms with Gasteiger partial charge in [-0.05, 0) is 47.0 Å². The second-order valence-corrected chi connectivity index (χ2v) is 7.04. The number of carbonyl (C=O) groups excluding carboxylic acids is 2. The molecule has 22 heavy (non-hydrogen) atoms. The van der Waals surface area contributed by atoms with Crippen molar-refractivity contribution in [1.29, 1.82) is 0 Å². The molecule has 2 atom stereocenters. The van der Waals surface area contributed by atoms with E-state index in [1.54, 1.807) is 0 Å². The predicted octanol–water partition coefficient (Wildman–Crippen LogP) is 1.89. The fourth-order valence-corrected chi connectivity index (χ4v) is 2.69. The van der Waals surface area contributed by atoms with Crippen LogP contribution in [-0.2, 0) is 9.53 Å². The number of rotatable bonds is 6. The summed E-state index contributed by atoms with van der Waals surface area (Å²) in [6.07, 6.45) is 2.75. The topological polar surface area (TPSA) is 70.7 Å². The summed E-state index contributed by atoms with van der Waals surface area (Å²) in [7, 11) is 0. The second kappa shape index (κ2) is 8.36. The van der Waals surface area contributed by atoms with E-state index in [-0.39, 0.29) is 18.0 Å². The molecule has 0 bridgehead atoms. The van der Waals surface area contributed by atoms with E-state index in [4.69, 9.17) is 4.74 Å². The highest BCUT2D eigenvalue weighted by atomic mass is 16.6. The number of hydrogen-bond acceptors (Lipinski definition) is 4. The predicted molar refractivity (Wildman–Crippen MR) is 86.7 cm³/mol. The quantitative estimate of drug-likeness (QED) is 0.735. The van der Waals surface area contributed by atoms with E-state index in [1.165, 1.54) is 6.92 Å². The first-order chi connectivity index (χ1) is 10.2. The van der Waals surface area contributed by atoms with Crippen molar-refractivity contribution in [2.45, 2.75) is 71.6 Å². The van der Waals surface area contributed by atoms with Gasteiger partial charge in [-0.15, -0.1) is 0 Å². The lowest BCUT2D eigenvalue weighted by Gasteiger charge is -2.30. The van der Waals surface area contributed by atoms with Crippen LogP contribution < -0.4 is 10.6 Å². The van der Waals surface area contributed by atoms with E-state index >= 15 is 0 Å². The first-order valence-electron chi connectivity index (χ1n) is 8.16. The van der Waals surface area contributed by atoms with Gasteiger partial charge in [0.25, 0.3) is 0 Å². The smallest absolute Gasteiger partial charge is 0.410 e. The zero-order valence-corrected chi connectivity index (χ0v) is 14.6. The molecule has 6 nitrogen and oxygen atoms in total. The number of amides is 2. The van der Waals surface area contributed by atoms with Crippen molar-refractivity contribution >= 4 is 12.0 Å². The van der Waals surface area contributed by atoms with Crippen LogP contribution in [0, 0.1) is 0 Å². The first kappa shape index (κ1) is 18.7. The summed E-state index contributed by atoms with van der Waals surface area (Å²) in [6, 6.07) is 0.528. The van der Waals surface area contributed by atoms with Crippen molar-refractivity contribution in [3.05, 3.63) is 0 Å². The van der Waals surface area contributed by atoms with Crippen LogP contribution in [0.4, 0.5) is 4.79 Å². The van der Waals surface area contributed by atoms with Crippen molar-refractivity contribution in [3.63, 3.8) is 0 Å². The lowest BCUT2D eigenvalue weighted by atomic mass is 10.1. The summed E-state index contributed by atoms with van der Waals surface area (Å²) < 4.78 is 5.48. The summed E-state index contributed by atoms with van der Waals surface area (Å²) in [4.78, 5) is 24.9. The fraction of sp³-hybridized carbons (Fsp3) is 0.875. The number of likely N-dealkylation sites (tertiary alicyclic amines) is 1. The van der Waals surface area contributed by atoms with Crippen LogP contribution in [0.1, 0.15) is 53.9 Å². The summed E-state index contributed by atoms with van der Waals surface area (Å²) in [6.45, 7) is 11.4. The maximum absolute atomic E-state index is 12.2. The van der Waals surface area contributed by atoms with Gasteiger partial charge in [0, 0.05) is 38.6 Å². The Balaban J connectivity index is 2.36. The Morgan fingerprint density at radius 2 is 2.00 bits per heavy atom. The molecule has 1 fully saturated rings. The molecule has 0 aromatic rings. The van der Waals surface area contributed by atoms with E-state index in [0.29, 0.717) is 12.6 Å². The molecular weight excluding hydrogens is 282 g/mol. The minimum Gasteiger partial charge on any atom is -0.444 e. The number of carbonyl (C=O) groups is 2. The van der Waals surface area contributed by atoms with E-state index < -0.39 is 5.60 Å². The molecule has 1 rings (SSSR count). The van der Waals surface area contributed by atoms with Crippen LogP contribution in [0.25, 0.3) is 0 Å². The van der Waals surface area contributed by atoms with Crippen molar-refractivity contribution in [2.24, 2.45) is 0 Å². The normalized spacial score (nSPS) is 19.9. The van der Waals surface area contributed by atoms with Crippen LogP contribution in [0.15, 0.2) is 0 Å². The van der Waals surface area contributed by atoms with E-state index in [9.17, 15) is 9.59 Å². The van der Waals surface area contributed by atoms with Gasteiger partial charge in [0.2, 0.25) is 5.91 Å². The zero-order chi connectivity index (χ0) is 16.8. The molecule has 2 amide bonds. The summed E-state index contributed by atoms with van der Waals surface area (Å²) >= 11 is 0. The van der Waals surface area contributed by atoms with Gasteiger partial charge in [-0.3, -0.25) is 4.79 Å². The molecule has 6 heteroatoms. The number of nitrogens with one attached hydrogen (secondary N) is 2. The van der Waals surface area contributed by atoms with Crippen LogP contribution >= 0.6 is 0 Å². The minimum absolute atomic E-state index is 0.0126. The highest BCUT2D eigenvalue weighted by Gasteiger charge is 2.32. The number of hydrogen-bond donors (Lipinski definition) is 2. The van der Waals surface area contributed by atoms with Gasteiger partial charge in [-0.2, -0.15) is 0 Å². The maximum atomic E-state index is 12.2. The minimum atomic E-state index is -0.452. The first-order valence-corrected chi connectivity index (χ1v) is 8.16. The van der Waals surface area contributed by atoms with Crippen LogP contribution in [-0.4, -0.2) is 54.2 Å². The van der Waals surface area contributed by atoms with Crippen molar-refractivity contribution < 1.29 is 14.3 Å². The third kappa shape index (κ3) is 7.11. The molecule has 0 aromatic carbocycles. The van der Waals surface area contributed by atoms with Crippen LogP contribution in [0.3, 0.4) is 0 Å². The Hall–Kier alpha value is -1.30. The standard InChI is InChI=1S/C16H31N3O3/c1-12(17-8-9-18-13(2)20)11-14-7-6-10-19(14)15(21)22-16(3,4)5/h12,14,17H,6-11H2,1-5H3,(H,18,20). The van der Waals surface area contributed by atoms with Gasteiger partial charge in [0.05, 0.1) is 0 Å². The molecule has 0 aromatic heterocycles. The Bertz CT molecular complexity index is 379. The number of ether oxygens (including phenoxy) is 1. The second-order valence-electron chi connectivity index (χ2n) is 7.04. The average Bonchev–Trinajstić information content (AvgIpc) is 2.80. The molecule has 2 N–H and O–H groups in total. The molecule has 0 aliphatic carbocycles. The molecular formula is C16H31N3O3. The fourth-order valence-electron chi connectivity index (χ4n) is 2.69. The lowest BCUT2D eigenvalue weighted by Crippen LogP contribution is -2.43. The molecule has 2 unspecified atom stereocenters. The van der Waals surface area contributed by atoms with Crippen molar-refractivity contribution in [2.75, 3.05) is 19.6 Å². The molecule has 1 heterocycles. The molecule has 0 saturated carbocycles. The molecule has 1 saturated heterocycles. The van der Waals surface area contributed by atoms with Gasteiger partial charge < -0.3 is 20.3 Å². The third-order valence-corrected chi connectivity index (χ3v) is 3.62. The van der Waals surface area contributed by atoms with Crippen LogP contribution in [0.2, 0.25) is 0 Å². The van der Waals surface area contributed by atoms with Crippen molar-refractivity contribution in [1.82, 2.24) is 15.5 Å². The average molecular weight is 313 g/mol. The largest absolute Gasteiger partial charge is 0.444 e. The zero-order valence-electron chi connectivity index (χ0n) is 14.6. The SMILES string of the molecule is CC(=O)NCCNC(C)CC1CCCN1C(=O)OC(C)(C)C. The molecule has 128 valence electrons. The van der Waals surface area contributed by atoms with Gasteiger partial charge in [-0.25, -0.2) is 4.79 Å². The summed E-state index contributed by atoms with van der Waals surface area (Å²) in [5.74, 6) is -0.0126. The van der Waals surface area contributed by atoms with Gasteiger partial charge in [0.15, 0.2) is 0 Å². The highest BCUT2D eigenvalue weighted by molar-refractivity contribution is 5.72. The molecule has 0 radical (unpaired) electrons. The molecule has 1 aliphatic rings. The molecule has 0 spiro atoms. The monoisotopic (exact) mass is 313 g/mol. The summed E-state index contributed by atoms with van der Waals surface area (Å²) in [5.41, 5.74) is -0.452. The molecule has 1 aliphatic heterocycles. The Labute approximate surface area is 134 Å². The Morgan fingerprint density at radius 3 is 2.59 bits per heavy atom. The van der Waals surface area contributed by atoms with Crippen molar-refractivity contribution in [3.8, 4) is 0 Å². The van der Waals surface area contributed by atoms with E-state index in [1.807, 2.05) is 25.7 Å². The van der Waals surface area contributed by atoms with Gasteiger partial charge in [-0.1, -0.05) is 0 Å².